The van der Waals surface area contributed by atoms with E-state index in [1.165, 1.54) is 30.3 Å². The monoisotopic (exact) mass is 586 g/mol. The van der Waals surface area contributed by atoms with Crippen LogP contribution < -0.4 is 20.2 Å². The standard InChI is InChI=1S/C31H28F2N6O4/c1-15-20(11-36-12-21(15)28(35)40)19-9-22-25(10-24(19)42-5)43-13-23-26-27(29(41)38(4)30(2,3)14-34)37-39(31(22,23)26)18-7-16(32)6-17(33)8-18/h6-12,23,26H,13H2,1-5H3,(H2,35,40)/t23?,26-,31?/m0/s1. The van der Waals surface area contributed by atoms with E-state index in [2.05, 4.69) is 16.2 Å². The number of nitrogens with two attached hydrogens (primary N) is 1. The second-order valence-corrected chi connectivity index (χ2v) is 11.5. The molecule has 2 amide bonds. The first-order valence-electron chi connectivity index (χ1n) is 13.5. The van der Waals surface area contributed by atoms with Gasteiger partial charge in [0.2, 0.25) is 0 Å². The Morgan fingerprint density at radius 2 is 1.88 bits per heavy atom. The predicted molar refractivity (Wildman–Crippen MR) is 152 cm³/mol. The first-order chi connectivity index (χ1) is 20.4. The van der Waals surface area contributed by atoms with Gasteiger partial charge < -0.3 is 20.1 Å². The number of anilines is 1. The maximum Gasteiger partial charge on any atom is 0.271 e. The number of nitriles is 1. The van der Waals surface area contributed by atoms with Crippen LogP contribution in [0.15, 0.2) is 47.8 Å². The number of benzene rings is 2. The van der Waals surface area contributed by atoms with Crippen LogP contribution in [0.3, 0.4) is 0 Å². The van der Waals surface area contributed by atoms with Crippen LogP contribution in [-0.4, -0.2) is 53.7 Å². The molecule has 12 heteroatoms. The molecule has 43 heavy (non-hydrogen) atoms. The largest absolute Gasteiger partial charge is 0.496 e. The summed E-state index contributed by atoms with van der Waals surface area (Å²) in [6.07, 6.45) is 2.98. The van der Waals surface area contributed by atoms with E-state index >= 15 is 0 Å². The third kappa shape index (κ3) is 3.95. The lowest BCUT2D eigenvalue weighted by atomic mass is 9.90. The number of hydrazone groups is 1. The number of nitrogens with zero attached hydrogens (tertiary/aromatic N) is 5. The van der Waals surface area contributed by atoms with Crippen LogP contribution in [0.5, 0.6) is 11.5 Å². The number of hydrogen-bond acceptors (Lipinski definition) is 8. The van der Waals surface area contributed by atoms with E-state index < -0.39 is 40.4 Å². The molecular weight excluding hydrogens is 558 g/mol. The van der Waals surface area contributed by atoms with Gasteiger partial charge in [0.05, 0.1) is 31.0 Å². The molecule has 1 fully saturated rings. The fourth-order valence-corrected chi connectivity index (χ4v) is 6.30. The molecule has 0 bridgehead atoms. The van der Waals surface area contributed by atoms with Crippen LogP contribution in [-0.2, 0) is 10.3 Å². The summed E-state index contributed by atoms with van der Waals surface area (Å²) in [5, 5.41) is 15.8. The molecule has 2 N–H and O–H groups in total. The molecule has 2 aromatic carbocycles. The SMILES string of the molecule is COc1cc2c(cc1-c1cncc(C(N)=O)c1C)C13C(CO2)[C@H]1C(C(=O)N(C)C(C)(C)C#N)=NN3c1cc(F)cc(F)c1. The molecule has 0 radical (unpaired) electrons. The quantitative estimate of drug-likeness (QED) is 0.463. The number of halogens is 2. The molecule has 6 rings (SSSR count). The van der Waals surface area contributed by atoms with E-state index in [4.69, 9.17) is 15.2 Å². The molecule has 10 nitrogen and oxygen atoms in total. The third-order valence-electron chi connectivity index (χ3n) is 8.84. The van der Waals surface area contributed by atoms with Crippen molar-refractivity contribution in [2.75, 3.05) is 25.8 Å². The number of rotatable bonds is 6. The van der Waals surface area contributed by atoms with Crippen molar-refractivity contribution >= 4 is 23.2 Å². The predicted octanol–water partition coefficient (Wildman–Crippen LogP) is 3.91. The summed E-state index contributed by atoms with van der Waals surface area (Å²) in [6.45, 7) is 5.17. The summed E-state index contributed by atoms with van der Waals surface area (Å²) < 4.78 is 41.0. The van der Waals surface area contributed by atoms with Gasteiger partial charge in [-0.3, -0.25) is 19.6 Å². The van der Waals surface area contributed by atoms with Crippen molar-refractivity contribution in [3.05, 3.63) is 71.1 Å². The number of hydrogen-bond donors (Lipinski definition) is 1. The summed E-state index contributed by atoms with van der Waals surface area (Å²) in [7, 11) is 3.02. The van der Waals surface area contributed by atoms with Crippen molar-refractivity contribution in [3.63, 3.8) is 0 Å². The zero-order chi connectivity index (χ0) is 31.0. The van der Waals surface area contributed by atoms with Gasteiger partial charge in [-0.2, -0.15) is 10.4 Å². The van der Waals surface area contributed by atoms with Crippen LogP contribution in [0.25, 0.3) is 11.1 Å². The summed E-state index contributed by atoms with van der Waals surface area (Å²) in [5.41, 5.74) is 6.29. The molecule has 3 heterocycles. The molecule has 2 aliphatic heterocycles. The lowest BCUT2D eigenvalue weighted by Gasteiger charge is -2.34. The summed E-state index contributed by atoms with van der Waals surface area (Å²) in [4.78, 5) is 31.5. The van der Waals surface area contributed by atoms with Crippen LogP contribution in [0.2, 0.25) is 0 Å². The molecule has 3 aromatic rings. The van der Waals surface area contributed by atoms with Gasteiger partial charge in [0.15, 0.2) is 0 Å². The van der Waals surface area contributed by atoms with Gasteiger partial charge in [0.25, 0.3) is 11.8 Å². The van der Waals surface area contributed by atoms with E-state index in [1.807, 2.05) is 6.07 Å². The zero-order valence-electron chi connectivity index (χ0n) is 24.1. The van der Waals surface area contributed by atoms with E-state index in [1.54, 1.807) is 33.0 Å². The van der Waals surface area contributed by atoms with Gasteiger partial charge >= 0.3 is 0 Å². The molecule has 2 unspecified atom stereocenters. The van der Waals surface area contributed by atoms with Crippen molar-refractivity contribution in [1.29, 1.82) is 5.26 Å². The third-order valence-corrected chi connectivity index (χ3v) is 8.84. The second-order valence-electron chi connectivity index (χ2n) is 11.5. The lowest BCUT2D eigenvalue weighted by molar-refractivity contribution is -0.126. The second kappa shape index (κ2) is 9.49. The maximum absolute atomic E-state index is 14.5. The molecule has 1 saturated carbocycles. The van der Waals surface area contributed by atoms with Gasteiger partial charge in [-0.25, -0.2) is 8.78 Å². The van der Waals surface area contributed by atoms with Crippen LogP contribution in [0, 0.1) is 41.7 Å². The highest BCUT2D eigenvalue weighted by Crippen LogP contribution is 2.70. The number of ether oxygens (including phenoxy) is 2. The minimum atomic E-state index is -1.14. The molecule has 0 saturated heterocycles. The maximum atomic E-state index is 14.5. The number of fused-ring (bicyclic) bond motifs is 2. The Balaban J connectivity index is 1.57. The molecule has 1 aliphatic carbocycles. The van der Waals surface area contributed by atoms with Crippen molar-refractivity contribution in [1.82, 2.24) is 9.88 Å². The Morgan fingerprint density at radius 1 is 1.19 bits per heavy atom. The minimum Gasteiger partial charge on any atom is -0.496 e. The Labute approximate surface area is 246 Å². The van der Waals surface area contributed by atoms with E-state index in [-0.39, 0.29) is 29.5 Å². The molecule has 3 aliphatic rings. The number of pyridine rings is 1. The fraction of sp³-hybridized carbons (Fsp3) is 0.323. The number of carbonyl (C=O) groups is 2. The Kier molecular flexibility index (Phi) is 6.20. The van der Waals surface area contributed by atoms with Crippen molar-refractivity contribution in [3.8, 4) is 28.7 Å². The van der Waals surface area contributed by atoms with Crippen LogP contribution >= 0.6 is 0 Å². The zero-order valence-corrected chi connectivity index (χ0v) is 24.1. The summed E-state index contributed by atoms with van der Waals surface area (Å²) in [5.74, 6) is -2.64. The first-order valence-corrected chi connectivity index (χ1v) is 13.5. The van der Waals surface area contributed by atoms with Gasteiger partial charge in [0.1, 0.15) is 39.9 Å². The van der Waals surface area contributed by atoms with Gasteiger partial charge in [-0.15, -0.1) is 0 Å². The number of amides is 2. The van der Waals surface area contributed by atoms with Crippen LogP contribution in [0.4, 0.5) is 14.5 Å². The number of methoxy groups -OCH3 is 1. The highest BCUT2D eigenvalue weighted by Gasteiger charge is 2.78. The van der Waals surface area contributed by atoms with Crippen molar-refractivity contribution in [2.24, 2.45) is 22.7 Å². The fourth-order valence-electron chi connectivity index (χ4n) is 6.30. The van der Waals surface area contributed by atoms with E-state index in [0.29, 0.717) is 33.8 Å². The average molecular weight is 587 g/mol. The van der Waals surface area contributed by atoms with Gasteiger partial charge in [-0.1, -0.05) is 0 Å². The molecule has 1 aromatic heterocycles. The van der Waals surface area contributed by atoms with E-state index in [0.717, 1.165) is 18.2 Å². The van der Waals surface area contributed by atoms with E-state index in [9.17, 15) is 23.6 Å². The van der Waals surface area contributed by atoms with Gasteiger partial charge in [-0.05, 0) is 44.5 Å². The summed E-state index contributed by atoms with van der Waals surface area (Å²) in [6, 6.07) is 8.74. The molecular formula is C31H28F2N6O4. The molecule has 3 atom stereocenters. The molecule has 220 valence electrons. The smallest absolute Gasteiger partial charge is 0.271 e. The Bertz CT molecular complexity index is 1780. The number of carbonyl (C=O) groups excluding carboxylic acids is 2. The average Bonchev–Trinajstić information content (AvgIpc) is 3.52. The van der Waals surface area contributed by atoms with Crippen molar-refractivity contribution in [2.45, 2.75) is 31.8 Å². The Morgan fingerprint density at radius 3 is 2.51 bits per heavy atom. The topological polar surface area (TPSA) is 134 Å². The van der Waals surface area contributed by atoms with Crippen molar-refractivity contribution < 1.29 is 27.8 Å². The minimum absolute atomic E-state index is 0.119. The molecule has 1 spiro atoms. The lowest BCUT2D eigenvalue weighted by Crippen LogP contribution is -2.47. The number of aromatic nitrogens is 1. The van der Waals surface area contributed by atoms with Crippen LogP contribution in [0.1, 0.15) is 35.3 Å². The number of primary amides is 1. The Hall–Kier alpha value is -5.05. The normalized spacial score (nSPS) is 21.4. The summed E-state index contributed by atoms with van der Waals surface area (Å²) >= 11 is 0. The highest BCUT2D eigenvalue weighted by atomic mass is 19.1. The van der Waals surface area contributed by atoms with Gasteiger partial charge in [0, 0.05) is 60.1 Å². The first kappa shape index (κ1) is 28.1. The highest BCUT2D eigenvalue weighted by molar-refractivity contribution is 6.42.